The van der Waals surface area contributed by atoms with Crippen LogP contribution < -0.4 is 10.4 Å². The van der Waals surface area contributed by atoms with Gasteiger partial charge in [-0.25, -0.2) is 0 Å². The molecule has 1 aliphatic carbocycles. The molecule has 1 heterocycles. The molecule has 1 saturated carbocycles. The summed E-state index contributed by atoms with van der Waals surface area (Å²) in [5, 5.41) is 10.5. The Balaban J connectivity index is 2.34. The number of hydrogen-bond donors (Lipinski definition) is 1. The van der Waals surface area contributed by atoms with E-state index in [0.717, 1.165) is 24.1 Å². The predicted octanol–water partition coefficient (Wildman–Crippen LogP) is 4.60. The number of nitrogens with zero attached hydrogens (tertiary/aromatic N) is 1. The van der Waals surface area contributed by atoms with Gasteiger partial charge in [0.05, 0.1) is 11.3 Å². The molecule has 2 rings (SSSR count). The highest BCUT2D eigenvalue weighted by molar-refractivity contribution is 5.19. The number of aliphatic hydroxyl groups is 1. The van der Waals surface area contributed by atoms with Crippen LogP contribution in [0, 0.1) is 12.3 Å². The van der Waals surface area contributed by atoms with E-state index >= 15 is 0 Å². The van der Waals surface area contributed by atoms with Crippen molar-refractivity contribution in [3.8, 4) is 0 Å². The second kappa shape index (κ2) is 7.38. The van der Waals surface area contributed by atoms with Crippen molar-refractivity contribution in [2.75, 3.05) is 0 Å². The highest BCUT2D eigenvalue weighted by Gasteiger charge is 2.41. The zero-order valence-corrected chi connectivity index (χ0v) is 17.7. The number of rotatable bonds is 6. The maximum absolute atomic E-state index is 12.7. The van der Waals surface area contributed by atoms with Crippen molar-refractivity contribution < 1.29 is 9.94 Å². The third-order valence-corrected chi connectivity index (χ3v) is 6.05. The fourth-order valence-electron chi connectivity index (χ4n) is 4.05. The molecular formula is C22H37NO3. The summed E-state index contributed by atoms with van der Waals surface area (Å²) in [5.41, 5.74) is 0.133. The van der Waals surface area contributed by atoms with Gasteiger partial charge in [0.2, 0.25) is 0 Å². The van der Waals surface area contributed by atoms with E-state index in [9.17, 15) is 9.90 Å². The van der Waals surface area contributed by atoms with Gasteiger partial charge in [0.1, 0.15) is 5.60 Å². The standard InChI is InChI=1S/C22H37NO3/c1-16-13-18(17-11-9-8-10-12-17)23(19(24)14-16)26-21(4,5)15-20(2,3)22(6,7)25/h13-14,17,25H,8-12,15H2,1-7H3. The topological polar surface area (TPSA) is 51.5 Å². The lowest BCUT2D eigenvalue weighted by atomic mass is 9.71. The number of hydrogen-bond acceptors (Lipinski definition) is 3. The molecule has 4 nitrogen and oxygen atoms in total. The number of pyridine rings is 1. The molecule has 0 spiro atoms. The van der Waals surface area contributed by atoms with Crippen LogP contribution in [0.4, 0.5) is 0 Å². The molecule has 0 atom stereocenters. The SMILES string of the molecule is Cc1cc(C2CCCCC2)n(OC(C)(C)CC(C)(C)C(C)(C)O)c(=O)c1. The molecular weight excluding hydrogens is 326 g/mol. The minimum atomic E-state index is -0.835. The second-order valence-corrected chi connectivity index (χ2v) is 9.90. The van der Waals surface area contributed by atoms with Crippen LogP contribution >= 0.6 is 0 Å². The molecule has 0 unspecified atom stereocenters. The Morgan fingerprint density at radius 1 is 1.08 bits per heavy atom. The Kier molecular flexibility index (Phi) is 5.96. The molecule has 1 fully saturated rings. The van der Waals surface area contributed by atoms with E-state index in [4.69, 9.17) is 4.84 Å². The van der Waals surface area contributed by atoms with Crippen LogP contribution in [-0.2, 0) is 0 Å². The summed E-state index contributed by atoms with van der Waals surface area (Å²) in [4.78, 5) is 19.0. The van der Waals surface area contributed by atoms with E-state index in [1.807, 2.05) is 48.5 Å². The Bertz CT molecular complexity index is 674. The first kappa shape index (κ1) is 21.0. The molecule has 1 aromatic heterocycles. The van der Waals surface area contributed by atoms with Crippen LogP contribution in [0.1, 0.15) is 97.2 Å². The van der Waals surface area contributed by atoms with Gasteiger partial charge < -0.3 is 9.94 Å². The summed E-state index contributed by atoms with van der Waals surface area (Å²) >= 11 is 0. The van der Waals surface area contributed by atoms with Crippen molar-refractivity contribution in [1.82, 2.24) is 4.73 Å². The molecule has 1 aliphatic rings. The highest BCUT2D eigenvalue weighted by Crippen LogP contribution is 2.39. The van der Waals surface area contributed by atoms with Crippen molar-refractivity contribution >= 4 is 0 Å². The summed E-state index contributed by atoms with van der Waals surface area (Å²) in [6.07, 6.45) is 6.56. The normalized spacial score (nSPS) is 17.4. The fraction of sp³-hybridized carbons (Fsp3) is 0.773. The molecule has 0 aromatic carbocycles. The molecule has 1 N–H and O–H groups in total. The monoisotopic (exact) mass is 363 g/mol. The van der Waals surface area contributed by atoms with Crippen molar-refractivity contribution in [1.29, 1.82) is 0 Å². The maximum Gasteiger partial charge on any atom is 0.283 e. The molecule has 0 aliphatic heterocycles. The van der Waals surface area contributed by atoms with Gasteiger partial charge in [-0.15, -0.1) is 4.73 Å². The smallest absolute Gasteiger partial charge is 0.283 e. The number of aryl methyl sites for hydroxylation is 1. The summed E-state index contributed by atoms with van der Waals surface area (Å²) in [6, 6.07) is 3.75. The largest absolute Gasteiger partial charge is 0.405 e. The minimum Gasteiger partial charge on any atom is -0.405 e. The van der Waals surface area contributed by atoms with Crippen molar-refractivity contribution in [2.45, 2.75) is 104 Å². The van der Waals surface area contributed by atoms with Crippen LogP contribution in [0.2, 0.25) is 0 Å². The Labute approximate surface area is 158 Å². The fourth-order valence-corrected chi connectivity index (χ4v) is 4.05. The van der Waals surface area contributed by atoms with E-state index in [-0.39, 0.29) is 11.0 Å². The zero-order valence-electron chi connectivity index (χ0n) is 17.7. The lowest BCUT2D eigenvalue weighted by Crippen LogP contribution is -2.49. The second-order valence-electron chi connectivity index (χ2n) is 9.90. The lowest BCUT2D eigenvalue weighted by molar-refractivity contribution is -0.110. The third-order valence-electron chi connectivity index (χ3n) is 6.05. The van der Waals surface area contributed by atoms with Crippen molar-refractivity contribution in [3.05, 3.63) is 33.7 Å². The Morgan fingerprint density at radius 2 is 1.65 bits per heavy atom. The van der Waals surface area contributed by atoms with E-state index < -0.39 is 11.2 Å². The predicted molar refractivity (Wildman–Crippen MR) is 107 cm³/mol. The lowest BCUT2D eigenvalue weighted by Gasteiger charge is -2.42. The first-order chi connectivity index (χ1) is 11.8. The Morgan fingerprint density at radius 3 is 2.19 bits per heavy atom. The van der Waals surface area contributed by atoms with E-state index in [2.05, 4.69) is 6.07 Å². The zero-order chi connectivity index (χ0) is 19.8. The van der Waals surface area contributed by atoms with Crippen LogP contribution in [0.3, 0.4) is 0 Å². The molecule has 4 heteroatoms. The average molecular weight is 364 g/mol. The van der Waals surface area contributed by atoms with Crippen LogP contribution in [-0.4, -0.2) is 21.0 Å². The highest BCUT2D eigenvalue weighted by atomic mass is 16.7. The van der Waals surface area contributed by atoms with E-state index in [0.29, 0.717) is 12.3 Å². The average Bonchev–Trinajstić information content (AvgIpc) is 2.48. The summed E-state index contributed by atoms with van der Waals surface area (Å²) in [7, 11) is 0. The van der Waals surface area contributed by atoms with Crippen LogP contribution in [0.5, 0.6) is 0 Å². The van der Waals surface area contributed by atoms with Gasteiger partial charge in [-0.1, -0.05) is 33.1 Å². The molecule has 0 radical (unpaired) electrons. The maximum atomic E-state index is 12.7. The van der Waals surface area contributed by atoms with Gasteiger partial charge in [-0.05, 0) is 70.9 Å². The van der Waals surface area contributed by atoms with Crippen molar-refractivity contribution in [3.63, 3.8) is 0 Å². The van der Waals surface area contributed by atoms with Gasteiger partial charge in [0.15, 0.2) is 0 Å². The van der Waals surface area contributed by atoms with Gasteiger partial charge >= 0.3 is 0 Å². The Hall–Kier alpha value is -1.29. The molecule has 0 amide bonds. The van der Waals surface area contributed by atoms with E-state index in [1.54, 1.807) is 6.07 Å². The third kappa shape index (κ3) is 4.91. The van der Waals surface area contributed by atoms with Gasteiger partial charge in [0.25, 0.3) is 5.56 Å². The van der Waals surface area contributed by atoms with Crippen LogP contribution in [0.15, 0.2) is 16.9 Å². The summed E-state index contributed by atoms with van der Waals surface area (Å²) in [6.45, 7) is 13.7. The van der Waals surface area contributed by atoms with Gasteiger partial charge in [-0.2, -0.15) is 0 Å². The van der Waals surface area contributed by atoms with Crippen LogP contribution in [0.25, 0.3) is 0 Å². The molecule has 0 saturated heterocycles. The minimum absolute atomic E-state index is 0.0975. The quantitative estimate of drug-likeness (QED) is 0.804. The molecule has 1 aromatic rings. The number of aromatic nitrogens is 1. The molecule has 26 heavy (non-hydrogen) atoms. The molecule has 148 valence electrons. The van der Waals surface area contributed by atoms with Gasteiger partial charge in [0, 0.05) is 12.0 Å². The first-order valence-corrected chi connectivity index (χ1v) is 9.98. The summed E-state index contributed by atoms with van der Waals surface area (Å²) in [5.74, 6) is 0.384. The van der Waals surface area contributed by atoms with Gasteiger partial charge in [-0.3, -0.25) is 4.79 Å². The first-order valence-electron chi connectivity index (χ1n) is 9.98. The molecule has 0 bridgehead atoms. The van der Waals surface area contributed by atoms with E-state index in [1.165, 1.54) is 24.0 Å². The van der Waals surface area contributed by atoms with Crippen molar-refractivity contribution in [2.24, 2.45) is 5.41 Å². The summed E-state index contributed by atoms with van der Waals surface area (Å²) < 4.78 is 1.53.